The fourth-order valence-electron chi connectivity index (χ4n) is 3.05. The zero-order valence-corrected chi connectivity index (χ0v) is 15.8. The first-order valence-corrected chi connectivity index (χ1v) is 9.27. The van der Waals surface area contributed by atoms with Gasteiger partial charge in [-0.2, -0.15) is 0 Å². The molecule has 0 aliphatic carbocycles. The lowest BCUT2D eigenvalue weighted by Gasteiger charge is -2.15. The molecule has 0 aliphatic rings. The molecule has 1 atom stereocenters. The first kappa shape index (κ1) is 18.5. The summed E-state index contributed by atoms with van der Waals surface area (Å²) in [7, 11) is 0. The van der Waals surface area contributed by atoms with E-state index in [1.54, 1.807) is 12.1 Å². The second-order valence-electron chi connectivity index (χ2n) is 6.60. The highest BCUT2D eigenvalue weighted by Gasteiger charge is 2.22. The molecule has 0 fully saturated rings. The van der Waals surface area contributed by atoms with Crippen molar-refractivity contribution >= 4 is 28.5 Å². The van der Waals surface area contributed by atoms with Crippen LogP contribution in [0.2, 0.25) is 0 Å². The van der Waals surface area contributed by atoms with Gasteiger partial charge in [-0.15, -0.1) is 0 Å². The molecule has 0 spiro atoms. The van der Waals surface area contributed by atoms with Crippen LogP contribution in [-0.2, 0) is 9.53 Å². The van der Waals surface area contributed by atoms with Crippen molar-refractivity contribution in [2.24, 2.45) is 0 Å². The number of rotatable bonds is 5. The number of para-hydroxylation sites is 2. The number of benzene rings is 3. The molecule has 1 heterocycles. The molecule has 1 aromatic heterocycles. The van der Waals surface area contributed by atoms with Crippen molar-refractivity contribution in [3.8, 4) is 11.1 Å². The minimum atomic E-state index is -0.987. The molecular weight excluding hydrogens is 366 g/mol. The zero-order valence-electron chi connectivity index (χ0n) is 15.8. The van der Waals surface area contributed by atoms with Crippen LogP contribution in [0.1, 0.15) is 17.5 Å². The Morgan fingerprint density at radius 1 is 0.897 bits per heavy atom. The number of fused-ring (bicyclic) bond motifs is 1. The molecule has 5 heteroatoms. The number of ether oxygens (including phenoxy) is 1. The lowest BCUT2D eigenvalue weighted by molar-refractivity contribution is -0.123. The first-order chi connectivity index (χ1) is 14.1. The molecule has 0 aliphatic heterocycles. The number of amides is 1. The van der Waals surface area contributed by atoms with E-state index in [1.807, 2.05) is 72.8 Å². The maximum Gasteiger partial charge on any atom is 0.375 e. The first-order valence-electron chi connectivity index (χ1n) is 9.27. The predicted octanol–water partition coefficient (Wildman–Crippen LogP) is 5.28. The minimum absolute atomic E-state index is 0.0653. The SMILES string of the molecule is C[C@@H](OC(=O)c1cc2ccccc2o1)C(=O)Nc1ccccc1-c1ccccc1. The van der Waals surface area contributed by atoms with Gasteiger partial charge in [0.15, 0.2) is 6.10 Å². The van der Waals surface area contributed by atoms with Crippen LogP contribution in [0.5, 0.6) is 0 Å². The Bertz CT molecular complexity index is 1130. The molecule has 5 nitrogen and oxygen atoms in total. The van der Waals surface area contributed by atoms with Crippen LogP contribution in [0.4, 0.5) is 5.69 Å². The summed E-state index contributed by atoms with van der Waals surface area (Å²) in [5.74, 6) is -1.03. The summed E-state index contributed by atoms with van der Waals surface area (Å²) >= 11 is 0. The number of hydrogen-bond acceptors (Lipinski definition) is 4. The number of carbonyl (C=O) groups excluding carboxylic acids is 2. The third-order valence-corrected chi connectivity index (χ3v) is 4.55. The molecule has 0 radical (unpaired) electrons. The maximum absolute atomic E-state index is 12.6. The van der Waals surface area contributed by atoms with Gasteiger partial charge in [-0.25, -0.2) is 4.79 Å². The Morgan fingerprint density at radius 2 is 1.59 bits per heavy atom. The lowest BCUT2D eigenvalue weighted by atomic mass is 10.0. The van der Waals surface area contributed by atoms with E-state index < -0.39 is 18.0 Å². The number of carbonyl (C=O) groups is 2. The summed E-state index contributed by atoms with van der Waals surface area (Å²) < 4.78 is 10.8. The second kappa shape index (κ2) is 8.02. The molecule has 144 valence electrons. The summed E-state index contributed by atoms with van der Waals surface area (Å²) in [6, 6.07) is 26.1. The van der Waals surface area contributed by atoms with Crippen LogP contribution in [0.25, 0.3) is 22.1 Å². The van der Waals surface area contributed by atoms with Crippen molar-refractivity contribution in [3.63, 3.8) is 0 Å². The van der Waals surface area contributed by atoms with Gasteiger partial charge in [0, 0.05) is 16.6 Å². The van der Waals surface area contributed by atoms with Crippen LogP contribution >= 0.6 is 0 Å². The van der Waals surface area contributed by atoms with Crippen molar-refractivity contribution in [2.45, 2.75) is 13.0 Å². The van der Waals surface area contributed by atoms with E-state index in [0.29, 0.717) is 11.3 Å². The summed E-state index contributed by atoms with van der Waals surface area (Å²) in [6.07, 6.45) is -0.987. The average molecular weight is 385 g/mol. The van der Waals surface area contributed by atoms with Crippen molar-refractivity contribution in [1.29, 1.82) is 0 Å². The van der Waals surface area contributed by atoms with Crippen LogP contribution in [0, 0.1) is 0 Å². The standard InChI is InChI=1S/C24H19NO4/c1-16(28-24(27)22-15-18-11-5-8-14-21(18)29-22)23(26)25-20-13-7-6-12-19(20)17-9-3-2-4-10-17/h2-16H,1H3,(H,25,26)/t16-/m1/s1. The van der Waals surface area contributed by atoms with Crippen LogP contribution in [-0.4, -0.2) is 18.0 Å². The van der Waals surface area contributed by atoms with E-state index in [9.17, 15) is 9.59 Å². The van der Waals surface area contributed by atoms with E-state index in [2.05, 4.69) is 5.32 Å². The molecule has 3 aromatic carbocycles. The fourth-order valence-corrected chi connectivity index (χ4v) is 3.05. The molecule has 4 aromatic rings. The third kappa shape index (κ3) is 4.04. The maximum atomic E-state index is 12.6. The Kier molecular flexibility index (Phi) is 5.12. The highest BCUT2D eigenvalue weighted by Crippen LogP contribution is 2.28. The van der Waals surface area contributed by atoms with E-state index in [-0.39, 0.29) is 5.76 Å². The Balaban J connectivity index is 1.47. The quantitative estimate of drug-likeness (QED) is 0.474. The minimum Gasteiger partial charge on any atom is -0.449 e. The van der Waals surface area contributed by atoms with Gasteiger partial charge in [0.2, 0.25) is 5.76 Å². The average Bonchev–Trinajstić information content (AvgIpc) is 3.19. The molecule has 0 saturated heterocycles. The molecule has 29 heavy (non-hydrogen) atoms. The number of anilines is 1. The molecule has 0 bridgehead atoms. The molecular formula is C24H19NO4. The summed E-state index contributed by atoms with van der Waals surface area (Å²) in [5.41, 5.74) is 3.11. The molecule has 1 N–H and O–H groups in total. The molecule has 0 unspecified atom stereocenters. The summed E-state index contributed by atoms with van der Waals surface area (Å²) in [4.78, 5) is 25.0. The van der Waals surface area contributed by atoms with Gasteiger partial charge in [-0.1, -0.05) is 66.7 Å². The highest BCUT2D eigenvalue weighted by atomic mass is 16.6. The number of esters is 1. The molecule has 4 rings (SSSR count). The van der Waals surface area contributed by atoms with E-state index >= 15 is 0 Å². The Hall–Kier alpha value is -3.86. The summed E-state index contributed by atoms with van der Waals surface area (Å²) in [6.45, 7) is 1.53. The van der Waals surface area contributed by atoms with Crippen LogP contribution in [0.15, 0.2) is 89.3 Å². The van der Waals surface area contributed by atoms with Crippen LogP contribution < -0.4 is 5.32 Å². The van der Waals surface area contributed by atoms with Gasteiger partial charge in [-0.3, -0.25) is 4.79 Å². The fraction of sp³-hybridized carbons (Fsp3) is 0.0833. The smallest absolute Gasteiger partial charge is 0.375 e. The van der Waals surface area contributed by atoms with Crippen molar-refractivity contribution < 1.29 is 18.7 Å². The normalized spacial score (nSPS) is 11.8. The molecule has 0 saturated carbocycles. The third-order valence-electron chi connectivity index (χ3n) is 4.55. The second-order valence-corrected chi connectivity index (χ2v) is 6.60. The molecule has 1 amide bonds. The van der Waals surface area contributed by atoms with E-state index in [4.69, 9.17) is 9.15 Å². The Labute approximate surface area is 167 Å². The van der Waals surface area contributed by atoms with Gasteiger partial charge in [0.05, 0.1) is 0 Å². The highest BCUT2D eigenvalue weighted by molar-refractivity contribution is 6.00. The van der Waals surface area contributed by atoms with Crippen molar-refractivity contribution in [3.05, 3.63) is 90.7 Å². The van der Waals surface area contributed by atoms with Crippen LogP contribution in [0.3, 0.4) is 0 Å². The van der Waals surface area contributed by atoms with Gasteiger partial charge < -0.3 is 14.5 Å². The number of hydrogen-bond donors (Lipinski definition) is 1. The lowest BCUT2D eigenvalue weighted by Crippen LogP contribution is -2.30. The van der Waals surface area contributed by atoms with Gasteiger partial charge in [0.25, 0.3) is 5.91 Å². The van der Waals surface area contributed by atoms with Gasteiger partial charge in [-0.05, 0) is 30.7 Å². The monoisotopic (exact) mass is 385 g/mol. The Morgan fingerprint density at radius 3 is 2.38 bits per heavy atom. The topological polar surface area (TPSA) is 68.5 Å². The van der Waals surface area contributed by atoms with Gasteiger partial charge >= 0.3 is 5.97 Å². The van der Waals surface area contributed by atoms with Gasteiger partial charge in [0.1, 0.15) is 5.58 Å². The number of furan rings is 1. The largest absolute Gasteiger partial charge is 0.449 e. The van der Waals surface area contributed by atoms with Crippen molar-refractivity contribution in [2.75, 3.05) is 5.32 Å². The summed E-state index contributed by atoms with van der Waals surface area (Å²) in [5, 5.41) is 3.64. The van der Waals surface area contributed by atoms with Crippen molar-refractivity contribution in [1.82, 2.24) is 0 Å². The van der Waals surface area contributed by atoms with E-state index in [1.165, 1.54) is 6.92 Å². The number of nitrogens with one attached hydrogen (secondary N) is 1. The van der Waals surface area contributed by atoms with E-state index in [0.717, 1.165) is 16.5 Å². The predicted molar refractivity (Wildman–Crippen MR) is 112 cm³/mol. The zero-order chi connectivity index (χ0) is 20.2.